The number of carbonyl (C=O) groups excluding carboxylic acids is 1. The summed E-state index contributed by atoms with van der Waals surface area (Å²) in [5, 5.41) is 13.3. The molecular formula is C17H24N2O3S. The number of fused-ring (bicyclic) bond motifs is 1. The fraction of sp³-hybridized carbons (Fsp3) is 0.471. The van der Waals surface area contributed by atoms with Gasteiger partial charge in [0.25, 0.3) is 5.91 Å². The average molecular weight is 336 g/mol. The average Bonchev–Trinajstić information content (AvgIpc) is 2.99. The Hall–Kier alpha value is -1.50. The summed E-state index contributed by atoms with van der Waals surface area (Å²) in [5.41, 5.74) is 1.65. The molecule has 0 aliphatic carbocycles. The molecule has 1 aromatic carbocycles. The lowest BCUT2D eigenvalue weighted by molar-refractivity contribution is 0.0917. The molecule has 2 N–H and O–H groups in total. The standard InChI is InChI=1S/C17H24N2O3S/c1-22-10-9-19-8-6-14-15(4-3-5-16(14)19)17(21)18-13(12-20)7-11-23-2/h3-6,8,13,20H,7,9-12H2,1-2H3,(H,18,21). The molecule has 1 aromatic heterocycles. The smallest absolute Gasteiger partial charge is 0.252 e. The van der Waals surface area contributed by atoms with E-state index in [0.29, 0.717) is 12.2 Å². The number of carbonyl (C=O) groups is 1. The van der Waals surface area contributed by atoms with E-state index in [-0.39, 0.29) is 18.6 Å². The number of ether oxygens (including phenoxy) is 1. The van der Waals surface area contributed by atoms with Crippen LogP contribution in [0, 0.1) is 0 Å². The van der Waals surface area contributed by atoms with Gasteiger partial charge in [0.15, 0.2) is 0 Å². The van der Waals surface area contributed by atoms with Crippen molar-refractivity contribution in [2.24, 2.45) is 0 Å². The van der Waals surface area contributed by atoms with Gasteiger partial charge in [-0.25, -0.2) is 0 Å². The number of benzene rings is 1. The Balaban J connectivity index is 2.18. The maximum absolute atomic E-state index is 12.6. The van der Waals surface area contributed by atoms with Crippen LogP contribution in [0.25, 0.3) is 10.9 Å². The van der Waals surface area contributed by atoms with Crippen molar-refractivity contribution < 1.29 is 14.6 Å². The summed E-state index contributed by atoms with van der Waals surface area (Å²) < 4.78 is 7.19. The quantitative estimate of drug-likeness (QED) is 0.736. The van der Waals surface area contributed by atoms with E-state index in [1.807, 2.05) is 36.7 Å². The largest absolute Gasteiger partial charge is 0.394 e. The first-order valence-electron chi connectivity index (χ1n) is 7.68. The molecule has 0 aliphatic rings. The first-order chi connectivity index (χ1) is 11.2. The Bertz CT molecular complexity index is 642. The molecule has 23 heavy (non-hydrogen) atoms. The number of methoxy groups -OCH3 is 1. The van der Waals surface area contributed by atoms with E-state index >= 15 is 0 Å². The first-order valence-corrected chi connectivity index (χ1v) is 9.08. The van der Waals surface area contributed by atoms with Crippen molar-refractivity contribution >= 4 is 28.6 Å². The van der Waals surface area contributed by atoms with E-state index in [1.54, 1.807) is 18.9 Å². The van der Waals surface area contributed by atoms with Gasteiger partial charge in [0.2, 0.25) is 0 Å². The minimum atomic E-state index is -0.208. The van der Waals surface area contributed by atoms with Crippen LogP contribution in [0.5, 0.6) is 0 Å². The van der Waals surface area contributed by atoms with Gasteiger partial charge in [-0.05, 0) is 36.6 Å². The molecule has 0 radical (unpaired) electrons. The highest BCUT2D eigenvalue weighted by Crippen LogP contribution is 2.20. The molecule has 1 atom stereocenters. The van der Waals surface area contributed by atoms with Gasteiger partial charge in [-0.15, -0.1) is 0 Å². The molecule has 126 valence electrons. The maximum atomic E-state index is 12.6. The second-order valence-corrected chi connectivity index (χ2v) is 6.36. The Morgan fingerprint density at radius 3 is 2.96 bits per heavy atom. The Morgan fingerprint density at radius 2 is 2.26 bits per heavy atom. The van der Waals surface area contributed by atoms with Gasteiger partial charge < -0.3 is 19.7 Å². The van der Waals surface area contributed by atoms with Crippen molar-refractivity contribution in [2.75, 3.05) is 32.3 Å². The number of thioether (sulfide) groups is 1. The van der Waals surface area contributed by atoms with Crippen molar-refractivity contribution in [2.45, 2.75) is 19.0 Å². The lowest BCUT2D eigenvalue weighted by atomic mass is 10.1. The molecule has 6 heteroatoms. The van der Waals surface area contributed by atoms with Gasteiger partial charge in [-0.1, -0.05) is 6.07 Å². The Kier molecular flexibility index (Phi) is 6.95. The molecule has 0 saturated heterocycles. The first kappa shape index (κ1) is 17.8. The van der Waals surface area contributed by atoms with Gasteiger partial charge >= 0.3 is 0 Å². The lowest BCUT2D eigenvalue weighted by Crippen LogP contribution is -2.38. The van der Waals surface area contributed by atoms with Crippen LogP contribution in [0.4, 0.5) is 0 Å². The summed E-state index contributed by atoms with van der Waals surface area (Å²) in [5.74, 6) is 0.767. The summed E-state index contributed by atoms with van der Waals surface area (Å²) in [6.45, 7) is 1.33. The topological polar surface area (TPSA) is 63.5 Å². The zero-order valence-electron chi connectivity index (χ0n) is 13.6. The van der Waals surface area contributed by atoms with Crippen molar-refractivity contribution in [3.8, 4) is 0 Å². The molecule has 2 rings (SSSR count). The Morgan fingerprint density at radius 1 is 1.43 bits per heavy atom. The summed E-state index contributed by atoms with van der Waals surface area (Å²) in [6.07, 6.45) is 4.74. The molecule has 5 nitrogen and oxygen atoms in total. The van der Waals surface area contributed by atoms with Crippen molar-refractivity contribution in [1.82, 2.24) is 9.88 Å². The van der Waals surface area contributed by atoms with Gasteiger partial charge in [0, 0.05) is 36.3 Å². The fourth-order valence-corrected chi connectivity index (χ4v) is 3.06. The normalized spacial score (nSPS) is 12.5. The monoisotopic (exact) mass is 336 g/mol. The van der Waals surface area contributed by atoms with Gasteiger partial charge in [-0.2, -0.15) is 11.8 Å². The zero-order valence-corrected chi connectivity index (χ0v) is 14.4. The third-order valence-corrected chi connectivity index (χ3v) is 4.46. The van der Waals surface area contributed by atoms with Crippen LogP contribution >= 0.6 is 11.8 Å². The number of amides is 1. The number of nitrogens with zero attached hydrogens (tertiary/aromatic N) is 1. The third-order valence-electron chi connectivity index (χ3n) is 3.82. The molecule has 1 amide bonds. The van der Waals surface area contributed by atoms with E-state index < -0.39 is 0 Å². The molecule has 0 aliphatic heterocycles. The van der Waals surface area contributed by atoms with E-state index in [1.165, 1.54) is 0 Å². The van der Waals surface area contributed by atoms with Gasteiger partial charge in [-0.3, -0.25) is 4.79 Å². The molecule has 2 aromatic rings. The number of rotatable bonds is 9. The number of aliphatic hydroxyl groups excluding tert-OH is 1. The SMILES string of the molecule is COCCn1ccc2c(C(=O)NC(CO)CCSC)cccc21. The number of hydrogen-bond donors (Lipinski definition) is 2. The summed E-state index contributed by atoms with van der Waals surface area (Å²) in [7, 11) is 1.67. The molecule has 1 heterocycles. The summed E-state index contributed by atoms with van der Waals surface area (Å²) in [6, 6.07) is 7.45. The number of aromatic nitrogens is 1. The minimum Gasteiger partial charge on any atom is -0.394 e. The second-order valence-electron chi connectivity index (χ2n) is 5.37. The van der Waals surface area contributed by atoms with Crippen LogP contribution in [-0.2, 0) is 11.3 Å². The Labute approximate surface area is 141 Å². The minimum absolute atomic E-state index is 0.0445. The predicted octanol–water partition coefficient (Wildman–Crippen LogP) is 2.13. The summed E-state index contributed by atoms with van der Waals surface area (Å²) >= 11 is 1.70. The van der Waals surface area contributed by atoms with Crippen LogP contribution < -0.4 is 5.32 Å². The summed E-state index contributed by atoms with van der Waals surface area (Å²) in [4.78, 5) is 12.6. The van der Waals surface area contributed by atoms with Crippen molar-refractivity contribution in [1.29, 1.82) is 0 Å². The molecule has 0 bridgehead atoms. The molecule has 0 fully saturated rings. The highest BCUT2D eigenvalue weighted by Gasteiger charge is 2.16. The molecule has 1 unspecified atom stereocenters. The fourth-order valence-electron chi connectivity index (χ4n) is 2.54. The highest BCUT2D eigenvalue weighted by molar-refractivity contribution is 7.98. The highest BCUT2D eigenvalue weighted by atomic mass is 32.2. The second kappa shape index (κ2) is 8.96. The molecular weight excluding hydrogens is 312 g/mol. The van der Waals surface area contributed by atoms with E-state index in [2.05, 4.69) is 9.88 Å². The molecule has 0 saturated carbocycles. The van der Waals surface area contributed by atoms with Crippen LogP contribution in [0.1, 0.15) is 16.8 Å². The zero-order chi connectivity index (χ0) is 16.7. The van der Waals surface area contributed by atoms with E-state index in [9.17, 15) is 9.90 Å². The van der Waals surface area contributed by atoms with E-state index in [0.717, 1.165) is 29.6 Å². The number of hydrogen-bond acceptors (Lipinski definition) is 4. The van der Waals surface area contributed by atoms with Gasteiger partial charge in [0.1, 0.15) is 0 Å². The number of aliphatic hydroxyl groups is 1. The van der Waals surface area contributed by atoms with Crippen LogP contribution in [-0.4, -0.2) is 54.0 Å². The van der Waals surface area contributed by atoms with Crippen molar-refractivity contribution in [3.63, 3.8) is 0 Å². The van der Waals surface area contributed by atoms with Gasteiger partial charge in [0.05, 0.1) is 19.3 Å². The van der Waals surface area contributed by atoms with Crippen molar-refractivity contribution in [3.05, 3.63) is 36.0 Å². The number of nitrogens with one attached hydrogen (secondary N) is 1. The van der Waals surface area contributed by atoms with Crippen LogP contribution in [0.2, 0.25) is 0 Å². The maximum Gasteiger partial charge on any atom is 0.252 e. The van der Waals surface area contributed by atoms with Crippen LogP contribution in [0.3, 0.4) is 0 Å². The van der Waals surface area contributed by atoms with E-state index in [4.69, 9.17) is 4.74 Å². The molecule has 0 spiro atoms. The predicted molar refractivity (Wildman–Crippen MR) is 95.2 cm³/mol. The van der Waals surface area contributed by atoms with Crippen LogP contribution in [0.15, 0.2) is 30.5 Å². The lowest BCUT2D eigenvalue weighted by Gasteiger charge is -2.16. The third kappa shape index (κ3) is 4.50.